The van der Waals surface area contributed by atoms with Gasteiger partial charge < -0.3 is 64.0 Å². The van der Waals surface area contributed by atoms with Crippen molar-refractivity contribution in [2.24, 2.45) is 17.2 Å². The van der Waals surface area contributed by atoms with E-state index in [1.807, 2.05) is 0 Å². The molecule has 0 bridgehead atoms. The van der Waals surface area contributed by atoms with Crippen LogP contribution in [-0.4, -0.2) is 124 Å². The summed E-state index contributed by atoms with van der Waals surface area (Å²) in [4.78, 5) is 94.6. The Balaban J connectivity index is 1.48. The minimum Gasteiger partial charge on any atom is -0.508 e. The first kappa shape index (κ1) is 48.1. The van der Waals surface area contributed by atoms with Crippen LogP contribution < -0.4 is 43.8 Å². The van der Waals surface area contributed by atoms with Gasteiger partial charge in [-0.1, -0.05) is 54.6 Å². The molecular weight excluding hydrogens is 803 g/mol. The number of amides is 7. The number of phenolic OH excluding ortho intramolecular Hbond substituents is 2. The number of hydrogen-bond donors (Lipinski definition) is 11. The van der Waals surface area contributed by atoms with Gasteiger partial charge in [0.1, 0.15) is 41.7 Å². The van der Waals surface area contributed by atoms with Crippen LogP contribution in [0.3, 0.4) is 0 Å². The highest BCUT2D eigenvalue weighted by Crippen LogP contribution is 2.21. The number of rotatable bonds is 23. The van der Waals surface area contributed by atoms with Crippen molar-refractivity contribution in [3.63, 3.8) is 0 Å². The van der Waals surface area contributed by atoms with Gasteiger partial charge in [0, 0.05) is 19.4 Å². The van der Waals surface area contributed by atoms with Crippen LogP contribution in [0.2, 0.25) is 0 Å². The molecule has 0 aromatic heterocycles. The number of aromatic hydroxyl groups is 2. The van der Waals surface area contributed by atoms with E-state index in [4.69, 9.17) is 17.2 Å². The van der Waals surface area contributed by atoms with Gasteiger partial charge in [-0.2, -0.15) is 0 Å². The van der Waals surface area contributed by atoms with Crippen molar-refractivity contribution in [2.75, 3.05) is 26.2 Å². The third-order valence-electron chi connectivity index (χ3n) is 10.3. The van der Waals surface area contributed by atoms with E-state index in [9.17, 15) is 48.9 Å². The molecule has 4 rings (SSSR count). The molecule has 1 aliphatic rings. The fourth-order valence-electron chi connectivity index (χ4n) is 6.93. The minimum atomic E-state index is -1.37. The van der Waals surface area contributed by atoms with Gasteiger partial charge in [0.05, 0.1) is 19.2 Å². The summed E-state index contributed by atoms with van der Waals surface area (Å²) in [6, 6.07) is 13.9. The first-order valence-electron chi connectivity index (χ1n) is 20.4. The van der Waals surface area contributed by atoms with Crippen molar-refractivity contribution in [2.45, 2.75) is 87.6 Å². The highest BCUT2D eigenvalue weighted by atomic mass is 16.3. The molecule has 19 nitrogen and oxygen atoms in total. The van der Waals surface area contributed by atoms with Crippen molar-refractivity contribution < 1.29 is 48.9 Å². The third kappa shape index (κ3) is 14.9. The number of nitrogens with two attached hydrogens (primary N) is 3. The molecule has 0 unspecified atom stereocenters. The first-order chi connectivity index (χ1) is 29.7. The van der Waals surface area contributed by atoms with E-state index in [0.717, 1.165) is 0 Å². The molecule has 0 aliphatic carbocycles. The normalized spacial score (nSPS) is 15.9. The van der Waals surface area contributed by atoms with Crippen molar-refractivity contribution in [1.29, 1.82) is 0 Å². The van der Waals surface area contributed by atoms with E-state index in [1.54, 1.807) is 54.6 Å². The Morgan fingerprint density at radius 2 is 1.26 bits per heavy atom. The second-order valence-electron chi connectivity index (χ2n) is 15.1. The van der Waals surface area contributed by atoms with Crippen molar-refractivity contribution in [1.82, 2.24) is 31.5 Å². The number of carbonyl (C=O) groups is 7. The summed E-state index contributed by atoms with van der Waals surface area (Å²) < 4.78 is 0. The minimum absolute atomic E-state index is 0.0110. The quantitative estimate of drug-likeness (QED) is 0.0467. The largest absolute Gasteiger partial charge is 0.508 e. The van der Waals surface area contributed by atoms with E-state index in [1.165, 1.54) is 29.2 Å². The summed E-state index contributed by atoms with van der Waals surface area (Å²) in [7, 11) is 0. The van der Waals surface area contributed by atoms with E-state index in [-0.39, 0.29) is 50.1 Å². The second kappa shape index (κ2) is 24.0. The first-order valence-corrected chi connectivity index (χ1v) is 20.4. The third-order valence-corrected chi connectivity index (χ3v) is 10.3. The molecule has 7 amide bonds. The lowest BCUT2D eigenvalue weighted by atomic mass is 10.0. The van der Waals surface area contributed by atoms with Gasteiger partial charge in [0.25, 0.3) is 0 Å². The summed E-state index contributed by atoms with van der Waals surface area (Å²) in [6.07, 6.45) is 1.96. The van der Waals surface area contributed by atoms with Crippen LogP contribution in [0, 0.1) is 0 Å². The predicted octanol–water partition coefficient (Wildman–Crippen LogP) is -1.89. The van der Waals surface area contributed by atoms with E-state index < -0.39 is 90.8 Å². The fraction of sp³-hybridized carbons (Fsp3) is 0.419. The van der Waals surface area contributed by atoms with Gasteiger partial charge in [-0.25, -0.2) is 0 Å². The van der Waals surface area contributed by atoms with Crippen LogP contribution in [0.4, 0.5) is 0 Å². The molecule has 3 aromatic carbocycles. The maximum atomic E-state index is 14.1. The molecule has 62 heavy (non-hydrogen) atoms. The van der Waals surface area contributed by atoms with E-state index in [0.29, 0.717) is 42.5 Å². The van der Waals surface area contributed by atoms with Crippen LogP contribution in [0.5, 0.6) is 11.5 Å². The molecular formula is C43H57N9O10. The summed E-state index contributed by atoms with van der Waals surface area (Å²) in [6.45, 7) is -0.870. The molecule has 0 radical (unpaired) electrons. The molecule has 1 heterocycles. The van der Waals surface area contributed by atoms with Crippen LogP contribution in [-0.2, 0) is 52.8 Å². The highest BCUT2D eigenvalue weighted by Gasteiger charge is 2.39. The average molecular weight is 860 g/mol. The monoisotopic (exact) mass is 859 g/mol. The number of carbonyl (C=O) groups excluding carboxylic acids is 7. The molecule has 3 aromatic rings. The standard InChI is InChI=1S/C43H57N9O10/c44-19-5-4-9-32(49-39(58)31(45)21-27-11-15-29(54)16-12-27)41(60)50-33(22-26-7-2-1-3-8-26)40(59)47-24-37(56)48-34(23-28-13-17-30(55)18-14-28)43(62)52-20-6-10-36(52)42(61)51-35(25-53)38(46)57/h1-3,7-8,11-18,31-36,53-55H,4-6,9-10,19-25,44-45H2,(H2,46,57)(H,47,59)(H,48,56)(H,49,58)(H,50,60)(H,51,61)/t31-,32+,33-,34-,35-,36-/m0/s1. The molecule has 334 valence electrons. The molecule has 1 aliphatic heterocycles. The molecule has 6 atom stereocenters. The lowest BCUT2D eigenvalue weighted by molar-refractivity contribution is -0.142. The van der Waals surface area contributed by atoms with E-state index >= 15 is 0 Å². The Bertz CT molecular complexity index is 1990. The maximum absolute atomic E-state index is 14.1. The van der Waals surface area contributed by atoms with Gasteiger partial charge in [-0.15, -0.1) is 0 Å². The van der Waals surface area contributed by atoms with Crippen LogP contribution in [0.25, 0.3) is 0 Å². The van der Waals surface area contributed by atoms with Gasteiger partial charge in [0.15, 0.2) is 0 Å². The summed E-state index contributed by atoms with van der Waals surface area (Å²) >= 11 is 0. The lowest BCUT2D eigenvalue weighted by Gasteiger charge is -2.29. The predicted molar refractivity (Wildman–Crippen MR) is 226 cm³/mol. The number of unbranched alkanes of at least 4 members (excludes halogenated alkanes) is 1. The van der Waals surface area contributed by atoms with Crippen molar-refractivity contribution >= 4 is 41.4 Å². The van der Waals surface area contributed by atoms with Gasteiger partial charge in [0.2, 0.25) is 41.4 Å². The molecule has 19 heteroatoms. The molecule has 0 spiro atoms. The SMILES string of the molecule is NCCCC[C@@H](NC(=O)[C@@H](N)Cc1ccc(O)cc1)C(=O)N[C@@H](Cc1ccccc1)C(=O)NCC(=O)N[C@@H](Cc1ccc(O)cc1)C(=O)N1CCC[C@H]1C(=O)N[C@@H](CO)C(N)=O. The Labute approximate surface area is 359 Å². The number of nitrogens with one attached hydrogen (secondary N) is 5. The van der Waals surface area contributed by atoms with E-state index in [2.05, 4.69) is 26.6 Å². The van der Waals surface area contributed by atoms with Crippen molar-refractivity contribution in [3.05, 3.63) is 95.6 Å². The smallest absolute Gasteiger partial charge is 0.246 e. The van der Waals surface area contributed by atoms with Crippen LogP contribution in [0.15, 0.2) is 78.9 Å². The Morgan fingerprint density at radius 3 is 1.85 bits per heavy atom. The number of likely N-dealkylation sites (tertiary alicyclic amines) is 1. The molecule has 14 N–H and O–H groups in total. The van der Waals surface area contributed by atoms with Crippen LogP contribution >= 0.6 is 0 Å². The zero-order valence-corrected chi connectivity index (χ0v) is 34.3. The van der Waals surface area contributed by atoms with Gasteiger partial charge in [-0.3, -0.25) is 33.6 Å². The number of aliphatic hydroxyl groups excluding tert-OH is 1. The highest BCUT2D eigenvalue weighted by molar-refractivity contribution is 5.96. The van der Waals surface area contributed by atoms with Crippen molar-refractivity contribution in [3.8, 4) is 11.5 Å². The number of primary amides is 1. The zero-order valence-electron chi connectivity index (χ0n) is 34.3. The number of aliphatic hydroxyl groups is 1. The Hall–Kier alpha value is -6.57. The number of nitrogens with zero attached hydrogens (tertiary/aromatic N) is 1. The second-order valence-corrected chi connectivity index (χ2v) is 15.1. The number of benzene rings is 3. The lowest BCUT2D eigenvalue weighted by Crippen LogP contribution is -2.58. The zero-order chi connectivity index (χ0) is 45.2. The molecule has 1 fully saturated rings. The summed E-state index contributed by atoms with van der Waals surface area (Å²) in [5, 5.41) is 41.9. The topological polar surface area (TPSA) is 322 Å². The Kier molecular flexibility index (Phi) is 18.6. The van der Waals surface area contributed by atoms with Gasteiger partial charge in [-0.05, 0) is 86.0 Å². The maximum Gasteiger partial charge on any atom is 0.246 e. The Morgan fingerprint density at radius 1 is 0.677 bits per heavy atom. The van der Waals surface area contributed by atoms with Gasteiger partial charge >= 0.3 is 0 Å². The summed E-state index contributed by atoms with van der Waals surface area (Å²) in [5.74, 6) is -5.05. The number of phenols is 2. The average Bonchev–Trinajstić information content (AvgIpc) is 3.76. The number of hydrogen-bond acceptors (Lipinski definition) is 12. The molecule has 1 saturated heterocycles. The van der Waals surface area contributed by atoms with Crippen LogP contribution in [0.1, 0.15) is 48.8 Å². The molecule has 0 saturated carbocycles. The summed E-state index contributed by atoms with van der Waals surface area (Å²) in [5.41, 5.74) is 19.1. The fourth-order valence-corrected chi connectivity index (χ4v) is 6.93.